The van der Waals surface area contributed by atoms with E-state index >= 15 is 0 Å². The lowest BCUT2D eigenvalue weighted by Crippen LogP contribution is -2.62. The SMILES string of the molecule is CNCCCCC(C)OC1CCC(OC(C)C)C2C3NC4NC(NC5NC(NC6NC(NC(N3)C12)C(C)C6C)C1C(OC(C)C)CCC(OC(C)C)C51)C(C)C4C. The first kappa shape index (κ1) is 44.5. The van der Waals surface area contributed by atoms with Crippen molar-refractivity contribution >= 4 is 0 Å². The summed E-state index contributed by atoms with van der Waals surface area (Å²) >= 11 is 0. The summed E-state index contributed by atoms with van der Waals surface area (Å²) < 4.78 is 27.5. The molecule has 0 amide bonds. The number of unbranched alkanes of at least 4 members (excludes halogenated alkanes) is 1. The van der Waals surface area contributed by atoms with Gasteiger partial charge in [0.1, 0.15) is 0 Å². The van der Waals surface area contributed by atoms with Crippen molar-refractivity contribution in [3.8, 4) is 0 Å². The molecule has 0 aromatic carbocycles. The topological polar surface area (TPSA) is 145 Å². The molecule has 0 spiro atoms. The van der Waals surface area contributed by atoms with E-state index in [0.29, 0.717) is 23.7 Å². The minimum atomic E-state index is 0.0592. The Morgan fingerprint density at radius 3 is 1.00 bits per heavy atom. The van der Waals surface area contributed by atoms with E-state index in [4.69, 9.17) is 18.9 Å². The summed E-state index contributed by atoms with van der Waals surface area (Å²) in [5.74, 6) is 2.63. The van der Waals surface area contributed by atoms with Crippen LogP contribution in [-0.2, 0) is 18.9 Å². The first-order chi connectivity index (χ1) is 27.2. The fourth-order valence-electron chi connectivity index (χ4n) is 12.2. The third kappa shape index (κ3) is 9.76. The van der Waals surface area contributed by atoms with Crippen molar-refractivity contribution in [3.63, 3.8) is 0 Å². The molecule has 0 aromatic heterocycles. The van der Waals surface area contributed by atoms with Crippen LogP contribution in [0.25, 0.3) is 0 Å². The number of rotatable bonds is 13. The molecule has 2 aliphatic carbocycles. The lowest BCUT2D eigenvalue weighted by atomic mass is 9.74. The molecule has 8 bridgehead atoms. The van der Waals surface area contributed by atoms with Crippen LogP contribution in [-0.4, -0.2) is 112 Å². The summed E-state index contributed by atoms with van der Waals surface area (Å²) in [6, 6.07) is 0. The molecular formula is C44H85N9O4. The Kier molecular flexibility index (Phi) is 15.0. The predicted molar refractivity (Wildman–Crippen MR) is 227 cm³/mol. The number of ether oxygens (including phenoxy) is 4. The van der Waals surface area contributed by atoms with Crippen LogP contribution in [0.3, 0.4) is 0 Å². The van der Waals surface area contributed by atoms with Gasteiger partial charge < -0.3 is 24.3 Å². The smallest absolute Gasteiger partial charge is 0.0654 e. The van der Waals surface area contributed by atoms with Crippen molar-refractivity contribution < 1.29 is 18.9 Å². The number of fused-ring (bicyclic) bond motifs is 14. The number of hydrogen-bond acceptors (Lipinski definition) is 13. The molecule has 330 valence electrons. The fraction of sp³-hybridized carbons (Fsp3) is 1.00. The van der Waals surface area contributed by atoms with Crippen LogP contribution >= 0.6 is 0 Å². The zero-order valence-electron chi connectivity index (χ0n) is 37.6. The van der Waals surface area contributed by atoms with Crippen molar-refractivity contribution in [2.24, 2.45) is 47.3 Å². The maximum absolute atomic E-state index is 7.12. The molecule has 7 rings (SSSR count). The van der Waals surface area contributed by atoms with Crippen molar-refractivity contribution in [1.29, 1.82) is 0 Å². The Labute approximate surface area is 346 Å². The predicted octanol–water partition coefficient (Wildman–Crippen LogP) is 3.52. The largest absolute Gasteiger partial charge is 0.375 e. The van der Waals surface area contributed by atoms with Gasteiger partial charge in [-0.2, -0.15) is 0 Å². The van der Waals surface area contributed by atoms with E-state index in [9.17, 15) is 0 Å². The van der Waals surface area contributed by atoms with E-state index in [1.165, 1.54) is 12.8 Å². The fourth-order valence-corrected chi connectivity index (χ4v) is 12.2. The summed E-state index contributed by atoms with van der Waals surface area (Å²) in [7, 11) is 2.04. The minimum absolute atomic E-state index is 0.0592. The molecule has 21 unspecified atom stereocenters. The van der Waals surface area contributed by atoms with Crippen molar-refractivity contribution in [2.75, 3.05) is 13.6 Å². The zero-order chi connectivity index (χ0) is 40.7. The summed E-state index contributed by atoms with van der Waals surface area (Å²) in [5.41, 5.74) is 0. The monoisotopic (exact) mass is 804 g/mol. The Morgan fingerprint density at radius 1 is 0.421 bits per heavy atom. The number of hydrogen-bond donors (Lipinski definition) is 9. The van der Waals surface area contributed by atoms with Crippen molar-refractivity contribution in [3.05, 3.63) is 0 Å². The van der Waals surface area contributed by atoms with E-state index in [1.807, 2.05) is 7.05 Å². The van der Waals surface area contributed by atoms with E-state index < -0.39 is 0 Å². The zero-order valence-corrected chi connectivity index (χ0v) is 37.6. The molecule has 0 radical (unpaired) electrons. The Balaban J connectivity index is 1.21. The lowest BCUT2D eigenvalue weighted by molar-refractivity contribution is -0.131. The van der Waals surface area contributed by atoms with Gasteiger partial charge in [-0.3, -0.25) is 42.5 Å². The molecule has 2 saturated carbocycles. The van der Waals surface area contributed by atoms with Crippen LogP contribution in [0.1, 0.15) is 121 Å². The molecule has 5 heterocycles. The highest BCUT2D eigenvalue weighted by molar-refractivity contribution is 5.11. The number of nitrogens with one attached hydrogen (secondary N) is 9. The molecule has 0 aromatic rings. The van der Waals surface area contributed by atoms with Gasteiger partial charge in [0, 0.05) is 23.7 Å². The molecule has 13 nitrogen and oxygen atoms in total. The Morgan fingerprint density at radius 2 is 0.702 bits per heavy atom. The van der Waals surface area contributed by atoms with Gasteiger partial charge in [0.25, 0.3) is 0 Å². The van der Waals surface area contributed by atoms with Crippen LogP contribution in [0, 0.1) is 47.3 Å². The van der Waals surface area contributed by atoms with Gasteiger partial charge in [-0.25, -0.2) is 0 Å². The summed E-state index contributed by atoms with van der Waals surface area (Å²) in [5, 5.41) is 36.6. The van der Waals surface area contributed by atoms with Crippen molar-refractivity contribution in [2.45, 2.75) is 219 Å². The first-order valence-electron chi connectivity index (χ1n) is 23.6. The maximum atomic E-state index is 7.12. The van der Waals surface area contributed by atoms with Gasteiger partial charge in [-0.15, -0.1) is 0 Å². The highest BCUT2D eigenvalue weighted by Crippen LogP contribution is 2.46. The molecule has 21 atom stereocenters. The maximum Gasteiger partial charge on any atom is 0.0654 e. The second-order valence-electron chi connectivity index (χ2n) is 20.3. The van der Waals surface area contributed by atoms with Crippen LogP contribution in [0.15, 0.2) is 0 Å². The van der Waals surface area contributed by atoms with Crippen LogP contribution in [0.4, 0.5) is 0 Å². The summed E-state index contributed by atoms with van der Waals surface area (Å²) in [6.07, 6.45) is 9.54. The van der Waals surface area contributed by atoms with Gasteiger partial charge in [0.05, 0.1) is 98.2 Å². The summed E-state index contributed by atoms with van der Waals surface area (Å²) in [4.78, 5) is 0. The van der Waals surface area contributed by atoms with Crippen LogP contribution < -0.4 is 47.9 Å². The Bertz CT molecular complexity index is 1270. The quantitative estimate of drug-likeness (QED) is 0.126. The summed E-state index contributed by atoms with van der Waals surface area (Å²) in [6.45, 7) is 26.1. The second kappa shape index (κ2) is 19.3. The normalized spacial score (nSPS) is 47.8. The van der Waals surface area contributed by atoms with Gasteiger partial charge >= 0.3 is 0 Å². The van der Waals surface area contributed by atoms with Crippen molar-refractivity contribution in [1.82, 2.24) is 47.9 Å². The van der Waals surface area contributed by atoms with E-state index in [1.54, 1.807) is 0 Å². The van der Waals surface area contributed by atoms with Gasteiger partial charge in [-0.05, 0) is 131 Å². The second-order valence-corrected chi connectivity index (χ2v) is 20.3. The molecule has 9 N–H and O–H groups in total. The Hall–Kier alpha value is -0.520. The van der Waals surface area contributed by atoms with E-state index in [2.05, 4.69) is 124 Å². The highest BCUT2D eigenvalue weighted by atomic mass is 16.5. The molecule has 5 saturated heterocycles. The lowest BCUT2D eigenvalue weighted by Gasteiger charge is -2.44. The van der Waals surface area contributed by atoms with Gasteiger partial charge in [0.15, 0.2) is 0 Å². The van der Waals surface area contributed by atoms with Crippen LogP contribution in [0.2, 0.25) is 0 Å². The average Bonchev–Trinajstić information content (AvgIpc) is 3.84. The molecule has 7 aliphatic rings. The third-order valence-electron chi connectivity index (χ3n) is 15.3. The van der Waals surface area contributed by atoms with Crippen LogP contribution in [0.5, 0.6) is 0 Å². The van der Waals surface area contributed by atoms with Gasteiger partial charge in [-0.1, -0.05) is 27.7 Å². The first-order valence-corrected chi connectivity index (χ1v) is 23.6. The third-order valence-corrected chi connectivity index (χ3v) is 15.3. The molecular weight excluding hydrogens is 719 g/mol. The van der Waals surface area contributed by atoms with E-state index in [-0.39, 0.29) is 122 Å². The van der Waals surface area contributed by atoms with E-state index in [0.717, 1.165) is 38.6 Å². The molecule has 57 heavy (non-hydrogen) atoms. The average molecular weight is 804 g/mol. The van der Waals surface area contributed by atoms with Gasteiger partial charge in [0.2, 0.25) is 0 Å². The molecule has 7 fully saturated rings. The highest BCUT2D eigenvalue weighted by Gasteiger charge is 2.58. The minimum Gasteiger partial charge on any atom is -0.375 e. The molecule has 5 aliphatic heterocycles. The molecule has 13 heteroatoms. The standard InChI is InChI=1S/C44H85N9O4/c1-21(2)54-29-16-17-30(55-22(3)4)34-33(29)41-48-37-25(8)26(9)39(46-37)50-43-35-31(56-23(5)6)18-19-32(57-24(7)15-13-14-20-45-12)36(35)44(53-43)51-40-28(11)27(10)38(47-40)49-42(34)52-41/h21-53H,13-20H2,1-12H3.